The molecule has 2 aromatic carbocycles. The van der Waals surface area contributed by atoms with Crippen LogP contribution in [0.25, 0.3) is 21.3 Å². The molecule has 1 aliphatic heterocycles. The van der Waals surface area contributed by atoms with Crippen LogP contribution in [-0.4, -0.2) is 71.3 Å². The Bertz CT molecular complexity index is 1370. The Kier molecular flexibility index (Phi) is 7.10. The van der Waals surface area contributed by atoms with Crippen LogP contribution < -0.4 is 5.73 Å². The van der Waals surface area contributed by atoms with Gasteiger partial charge in [-0.2, -0.15) is 0 Å². The van der Waals surface area contributed by atoms with Crippen molar-refractivity contribution in [1.29, 1.82) is 0 Å². The molecule has 4 rings (SSSR count). The second-order valence-corrected chi connectivity index (χ2v) is 9.00. The van der Waals surface area contributed by atoms with E-state index in [1.165, 1.54) is 24.3 Å². The van der Waals surface area contributed by atoms with Crippen LogP contribution in [0.5, 0.6) is 0 Å². The van der Waals surface area contributed by atoms with Crippen LogP contribution in [0, 0.1) is 11.6 Å². The number of aromatic nitrogens is 1. The third kappa shape index (κ3) is 4.49. The summed E-state index contributed by atoms with van der Waals surface area (Å²) in [5, 5.41) is 9.71. The number of fused-ring (bicyclic) bond motifs is 1. The first kappa shape index (κ1) is 24.7. The van der Waals surface area contributed by atoms with Crippen molar-refractivity contribution in [2.75, 3.05) is 38.6 Å². The fourth-order valence-corrected chi connectivity index (χ4v) is 5.12. The molecule has 182 valence electrons. The van der Waals surface area contributed by atoms with E-state index < -0.39 is 18.4 Å². The molecule has 0 spiro atoms. The molecule has 0 unspecified atom stereocenters. The number of carbonyl (C=O) groups excluding carboxylic acids is 1. The molecule has 1 amide bonds. The summed E-state index contributed by atoms with van der Waals surface area (Å²) < 4.78 is 30.4. The highest BCUT2D eigenvalue weighted by molar-refractivity contribution is 7.22. The maximum absolute atomic E-state index is 15.9. The average Bonchev–Trinajstić information content (AvgIpc) is 3.25. The van der Waals surface area contributed by atoms with E-state index in [4.69, 9.17) is 17.3 Å². The predicted molar refractivity (Wildman–Crippen MR) is 136 cm³/mol. The van der Waals surface area contributed by atoms with Gasteiger partial charge in [-0.05, 0) is 31.0 Å². The number of rotatable bonds is 5. The number of anilines is 1. The summed E-state index contributed by atoms with van der Waals surface area (Å²) in [6.45, 7) is 7.98. The van der Waals surface area contributed by atoms with Crippen molar-refractivity contribution in [1.82, 2.24) is 14.8 Å². The van der Waals surface area contributed by atoms with Crippen molar-refractivity contribution in [2.24, 2.45) is 9.98 Å². The van der Waals surface area contributed by atoms with E-state index >= 15 is 4.39 Å². The Morgan fingerprint density at radius 1 is 1.29 bits per heavy atom. The van der Waals surface area contributed by atoms with E-state index in [-0.39, 0.29) is 54.5 Å². The monoisotopic (exact) mass is 518 g/mol. The summed E-state index contributed by atoms with van der Waals surface area (Å²) in [6, 6.07) is 4.06. The van der Waals surface area contributed by atoms with Gasteiger partial charge in [0.2, 0.25) is 5.91 Å². The zero-order chi connectivity index (χ0) is 25.3. The van der Waals surface area contributed by atoms with Crippen molar-refractivity contribution >= 4 is 62.4 Å². The van der Waals surface area contributed by atoms with Gasteiger partial charge in [-0.3, -0.25) is 9.79 Å². The first-order chi connectivity index (χ1) is 16.8. The van der Waals surface area contributed by atoms with Gasteiger partial charge in [0.15, 0.2) is 10.9 Å². The van der Waals surface area contributed by atoms with Crippen molar-refractivity contribution < 1.29 is 18.7 Å². The molecular weight excluding hydrogens is 498 g/mol. The molecule has 0 radical (unpaired) electrons. The Morgan fingerprint density at radius 2 is 1.97 bits per heavy atom. The van der Waals surface area contributed by atoms with E-state index in [1.807, 2.05) is 0 Å². The van der Waals surface area contributed by atoms with Gasteiger partial charge in [0.05, 0.1) is 15.2 Å². The minimum absolute atomic E-state index is 0.00971. The van der Waals surface area contributed by atoms with Crippen LogP contribution in [0.2, 0.25) is 5.02 Å². The normalized spacial score (nSPS) is 14.5. The van der Waals surface area contributed by atoms with Crippen molar-refractivity contribution in [3.8, 4) is 11.1 Å². The SMILES string of the molecule is C=CC(=O)N1CCN(C(=NCO)c2cc(Cl)c(-c3ccc(F)c4sc(N)nc34)c(F)c2N=C)CC1. The Morgan fingerprint density at radius 3 is 2.60 bits per heavy atom. The largest absolute Gasteiger partial charge is 0.375 e. The van der Waals surface area contributed by atoms with Crippen LogP contribution >= 0.6 is 22.9 Å². The molecule has 12 heteroatoms. The summed E-state index contributed by atoms with van der Waals surface area (Å²) in [6.07, 6.45) is 1.24. The van der Waals surface area contributed by atoms with Crippen molar-refractivity contribution in [2.45, 2.75) is 0 Å². The summed E-state index contributed by atoms with van der Waals surface area (Å²) in [5.41, 5.74) is 6.26. The van der Waals surface area contributed by atoms with Crippen LogP contribution in [-0.2, 0) is 4.79 Å². The van der Waals surface area contributed by atoms with Gasteiger partial charge in [0.1, 0.15) is 24.1 Å². The molecule has 0 bridgehead atoms. The van der Waals surface area contributed by atoms with Crippen LogP contribution in [0.4, 0.5) is 19.6 Å². The lowest BCUT2D eigenvalue weighted by molar-refractivity contribution is -0.127. The van der Waals surface area contributed by atoms with Gasteiger partial charge in [-0.25, -0.2) is 18.8 Å². The summed E-state index contributed by atoms with van der Waals surface area (Å²) in [4.78, 5) is 27.5. The molecule has 1 fully saturated rings. The number of aliphatic hydroxyl groups excluding tert-OH is 1. The maximum Gasteiger partial charge on any atom is 0.246 e. The smallest absolute Gasteiger partial charge is 0.246 e. The standard InChI is InChI=1S/C23H21ClF2N6O2S/c1-3-16(34)31-6-8-32(9-7-31)22(29-11-33)13-10-14(24)17(18(26)19(13)28-2)12-4-5-15(25)21-20(12)30-23(27)35-21/h3-5,10,33H,1-2,6-9,11H2,(H2,27,30). The number of carbonyl (C=O) groups is 1. The van der Waals surface area contributed by atoms with Crippen LogP contribution in [0.15, 0.2) is 40.8 Å². The zero-order valence-electron chi connectivity index (χ0n) is 18.5. The number of nitrogen functional groups attached to an aromatic ring is 1. The van der Waals surface area contributed by atoms with E-state index in [0.717, 1.165) is 11.3 Å². The van der Waals surface area contributed by atoms with Crippen LogP contribution in [0.3, 0.4) is 0 Å². The Balaban J connectivity index is 1.81. The molecule has 8 nitrogen and oxygen atoms in total. The molecule has 1 aliphatic rings. The van der Waals surface area contributed by atoms with Gasteiger partial charge in [0.25, 0.3) is 0 Å². The number of aliphatic hydroxyl groups is 1. The average molecular weight is 519 g/mol. The molecule has 0 saturated carbocycles. The first-order valence-electron chi connectivity index (χ1n) is 10.5. The molecule has 1 saturated heterocycles. The highest BCUT2D eigenvalue weighted by Crippen LogP contribution is 2.43. The summed E-state index contributed by atoms with van der Waals surface area (Å²) in [7, 11) is 0. The topological polar surface area (TPSA) is 107 Å². The van der Waals surface area contributed by atoms with Gasteiger partial charge in [0, 0.05) is 42.9 Å². The zero-order valence-corrected chi connectivity index (χ0v) is 20.0. The fraction of sp³-hybridized carbons (Fsp3) is 0.217. The maximum atomic E-state index is 15.9. The van der Waals surface area contributed by atoms with E-state index in [2.05, 4.69) is 28.3 Å². The minimum atomic E-state index is -0.798. The summed E-state index contributed by atoms with van der Waals surface area (Å²) >= 11 is 7.51. The van der Waals surface area contributed by atoms with Crippen molar-refractivity contribution in [3.05, 3.63) is 53.1 Å². The predicted octanol–water partition coefficient (Wildman–Crippen LogP) is 3.84. The molecule has 35 heavy (non-hydrogen) atoms. The molecule has 3 N–H and O–H groups in total. The highest BCUT2D eigenvalue weighted by Gasteiger charge is 2.28. The number of nitrogens with two attached hydrogens (primary N) is 1. The Hall–Kier alpha value is -3.41. The number of halogens is 3. The number of piperazine rings is 1. The Labute approximate surface area is 208 Å². The number of hydrogen-bond acceptors (Lipinski definition) is 7. The molecule has 0 atom stereocenters. The minimum Gasteiger partial charge on any atom is -0.375 e. The molecule has 1 aromatic heterocycles. The second kappa shape index (κ2) is 10.1. The number of benzene rings is 2. The van der Waals surface area contributed by atoms with E-state index in [1.54, 1.807) is 9.80 Å². The number of thiazole rings is 1. The molecule has 3 aromatic rings. The summed E-state index contributed by atoms with van der Waals surface area (Å²) in [5.74, 6) is -1.26. The number of amidine groups is 1. The first-order valence-corrected chi connectivity index (χ1v) is 11.7. The molecular formula is C23H21ClF2N6O2S. The molecule has 2 heterocycles. The lowest BCUT2D eigenvalue weighted by Crippen LogP contribution is -2.50. The molecule has 0 aliphatic carbocycles. The van der Waals surface area contributed by atoms with Crippen LogP contribution in [0.1, 0.15) is 5.56 Å². The second-order valence-electron chi connectivity index (χ2n) is 7.57. The number of amides is 1. The van der Waals surface area contributed by atoms with Gasteiger partial charge < -0.3 is 20.6 Å². The quantitative estimate of drug-likeness (QED) is 0.303. The highest BCUT2D eigenvalue weighted by atomic mass is 35.5. The lowest BCUT2D eigenvalue weighted by atomic mass is 9.99. The van der Waals surface area contributed by atoms with Crippen molar-refractivity contribution in [3.63, 3.8) is 0 Å². The number of aliphatic imine (C=N–C) groups is 2. The third-order valence-electron chi connectivity index (χ3n) is 5.66. The van der Waals surface area contributed by atoms with Gasteiger partial charge in [-0.15, -0.1) is 0 Å². The van der Waals surface area contributed by atoms with E-state index in [9.17, 15) is 14.3 Å². The number of hydrogen-bond donors (Lipinski definition) is 2. The fourth-order valence-electron chi connectivity index (χ4n) is 4.06. The third-order valence-corrected chi connectivity index (χ3v) is 6.85. The van der Waals surface area contributed by atoms with Gasteiger partial charge >= 0.3 is 0 Å². The lowest BCUT2D eigenvalue weighted by Gasteiger charge is -2.36. The van der Waals surface area contributed by atoms with Gasteiger partial charge in [-0.1, -0.05) is 29.5 Å². The number of nitrogens with zero attached hydrogens (tertiary/aromatic N) is 5. The van der Waals surface area contributed by atoms with E-state index in [0.29, 0.717) is 26.2 Å².